The van der Waals surface area contributed by atoms with Crippen molar-refractivity contribution >= 4 is 5.91 Å². The standard InChI is InChI=1S/C19H19N5O2/c25-19(17-12-18(26-22-17)13-4-2-1-3-5-13)23-14-6-7-15(23)11-16(10-14)24-20-8-9-21-24/h1-5,8-9,12,14-16H,6-7,10-11H2/t14-,15-/m0/s1. The number of carbonyl (C=O) groups excluding carboxylic acids is 1. The van der Waals surface area contributed by atoms with Gasteiger partial charge in [-0.25, -0.2) is 0 Å². The Hall–Kier alpha value is -2.96. The molecule has 5 rings (SSSR count). The summed E-state index contributed by atoms with van der Waals surface area (Å²) in [6.07, 6.45) is 7.25. The molecule has 0 radical (unpaired) electrons. The van der Waals surface area contributed by atoms with E-state index >= 15 is 0 Å². The van der Waals surface area contributed by atoms with E-state index in [4.69, 9.17) is 4.52 Å². The average molecular weight is 349 g/mol. The molecule has 0 unspecified atom stereocenters. The molecule has 0 spiro atoms. The van der Waals surface area contributed by atoms with Crippen molar-refractivity contribution in [3.63, 3.8) is 0 Å². The molecule has 26 heavy (non-hydrogen) atoms. The monoisotopic (exact) mass is 349 g/mol. The number of carbonyl (C=O) groups is 1. The molecule has 7 nitrogen and oxygen atoms in total. The Balaban J connectivity index is 1.36. The molecule has 2 atom stereocenters. The van der Waals surface area contributed by atoms with E-state index in [0.717, 1.165) is 31.2 Å². The van der Waals surface area contributed by atoms with E-state index in [1.165, 1.54) is 0 Å². The van der Waals surface area contributed by atoms with Gasteiger partial charge in [0.05, 0.1) is 18.4 Å². The van der Waals surface area contributed by atoms with Crippen LogP contribution in [-0.2, 0) is 0 Å². The fourth-order valence-corrected chi connectivity index (χ4v) is 4.33. The maximum Gasteiger partial charge on any atom is 0.276 e. The Kier molecular flexibility index (Phi) is 3.58. The fourth-order valence-electron chi connectivity index (χ4n) is 4.33. The minimum Gasteiger partial charge on any atom is -0.355 e. The van der Waals surface area contributed by atoms with Crippen molar-refractivity contribution in [3.8, 4) is 11.3 Å². The van der Waals surface area contributed by atoms with Crippen LogP contribution in [0.1, 0.15) is 42.2 Å². The van der Waals surface area contributed by atoms with Crippen LogP contribution in [0.4, 0.5) is 0 Å². The molecule has 2 fully saturated rings. The highest BCUT2D eigenvalue weighted by Crippen LogP contribution is 2.41. The van der Waals surface area contributed by atoms with E-state index < -0.39 is 0 Å². The molecule has 132 valence electrons. The third-order valence-electron chi connectivity index (χ3n) is 5.49. The highest BCUT2D eigenvalue weighted by atomic mass is 16.5. The smallest absolute Gasteiger partial charge is 0.276 e. The Morgan fingerprint density at radius 3 is 2.38 bits per heavy atom. The molecule has 2 bridgehead atoms. The summed E-state index contributed by atoms with van der Waals surface area (Å²) in [7, 11) is 0. The average Bonchev–Trinajstić information content (AvgIpc) is 3.42. The van der Waals surface area contributed by atoms with Gasteiger partial charge < -0.3 is 9.42 Å². The quantitative estimate of drug-likeness (QED) is 0.726. The molecule has 4 heterocycles. The zero-order valence-electron chi connectivity index (χ0n) is 14.2. The summed E-state index contributed by atoms with van der Waals surface area (Å²) < 4.78 is 5.41. The highest BCUT2D eigenvalue weighted by Gasteiger charge is 2.45. The lowest BCUT2D eigenvalue weighted by Gasteiger charge is -2.38. The molecule has 0 saturated carbocycles. The van der Waals surface area contributed by atoms with Gasteiger partial charge in [0.1, 0.15) is 0 Å². The molecular formula is C19H19N5O2. The summed E-state index contributed by atoms with van der Waals surface area (Å²) in [6.45, 7) is 0. The minimum atomic E-state index is -0.0321. The normalized spacial score (nSPS) is 24.8. The first-order chi connectivity index (χ1) is 12.8. The summed E-state index contributed by atoms with van der Waals surface area (Å²) in [5.74, 6) is 0.590. The van der Waals surface area contributed by atoms with Crippen molar-refractivity contribution < 1.29 is 9.32 Å². The van der Waals surface area contributed by atoms with Gasteiger partial charge in [0.25, 0.3) is 5.91 Å². The first-order valence-corrected chi connectivity index (χ1v) is 9.00. The molecule has 0 N–H and O–H groups in total. The molecule has 1 amide bonds. The van der Waals surface area contributed by atoms with Crippen LogP contribution in [0.2, 0.25) is 0 Å². The number of benzene rings is 1. The largest absolute Gasteiger partial charge is 0.355 e. The SMILES string of the molecule is O=C(c1cc(-c2ccccc2)on1)N1[C@H]2CC[C@H]1CC(n1nccn1)C2. The van der Waals surface area contributed by atoms with Crippen LogP contribution < -0.4 is 0 Å². The Bertz CT molecular complexity index is 891. The summed E-state index contributed by atoms with van der Waals surface area (Å²) in [5.41, 5.74) is 1.31. The van der Waals surface area contributed by atoms with Crippen molar-refractivity contribution in [3.05, 3.63) is 54.5 Å². The first kappa shape index (κ1) is 15.3. The second-order valence-electron chi connectivity index (χ2n) is 7.01. The zero-order chi connectivity index (χ0) is 17.5. The van der Waals surface area contributed by atoms with Crippen LogP contribution >= 0.6 is 0 Å². The zero-order valence-corrected chi connectivity index (χ0v) is 14.2. The maximum absolute atomic E-state index is 13.1. The number of piperidine rings is 1. The van der Waals surface area contributed by atoms with Crippen LogP contribution in [0.15, 0.2) is 53.3 Å². The molecule has 2 aromatic heterocycles. The van der Waals surface area contributed by atoms with Crippen molar-refractivity contribution in [1.82, 2.24) is 25.1 Å². The Morgan fingerprint density at radius 1 is 1.00 bits per heavy atom. The molecule has 2 saturated heterocycles. The molecule has 1 aromatic carbocycles. The van der Waals surface area contributed by atoms with Crippen molar-refractivity contribution in [1.29, 1.82) is 0 Å². The number of nitrogens with zero attached hydrogens (tertiary/aromatic N) is 5. The van der Waals surface area contributed by atoms with E-state index in [1.807, 2.05) is 35.2 Å². The minimum absolute atomic E-state index is 0.0321. The molecule has 0 aliphatic carbocycles. The van der Waals surface area contributed by atoms with Crippen LogP contribution in [-0.4, -0.2) is 43.0 Å². The second-order valence-corrected chi connectivity index (χ2v) is 7.01. The number of aromatic nitrogens is 4. The van der Waals surface area contributed by atoms with E-state index in [0.29, 0.717) is 11.5 Å². The van der Waals surface area contributed by atoms with Gasteiger partial charge in [-0.2, -0.15) is 15.0 Å². The van der Waals surface area contributed by atoms with Gasteiger partial charge in [-0.05, 0) is 25.7 Å². The Labute approximate surface area is 150 Å². The lowest BCUT2D eigenvalue weighted by Crippen LogP contribution is -2.47. The molecule has 2 aliphatic heterocycles. The molecule has 2 aliphatic rings. The van der Waals surface area contributed by atoms with Gasteiger partial charge in [-0.3, -0.25) is 4.79 Å². The number of hydrogen-bond donors (Lipinski definition) is 0. The van der Waals surface area contributed by atoms with Crippen LogP contribution in [0.5, 0.6) is 0 Å². The van der Waals surface area contributed by atoms with Gasteiger partial charge in [0, 0.05) is 23.7 Å². The predicted octanol–water partition coefficient (Wildman–Crippen LogP) is 2.94. The first-order valence-electron chi connectivity index (χ1n) is 9.00. The molecule has 3 aromatic rings. The topological polar surface area (TPSA) is 77.0 Å². The number of rotatable bonds is 3. The van der Waals surface area contributed by atoms with Crippen LogP contribution in [0, 0.1) is 0 Å². The number of hydrogen-bond acceptors (Lipinski definition) is 5. The van der Waals surface area contributed by atoms with Gasteiger partial charge in [-0.1, -0.05) is 35.5 Å². The summed E-state index contributed by atoms with van der Waals surface area (Å²) >= 11 is 0. The molecular weight excluding hydrogens is 330 g/mol. The Morgan fingerprint density at radius 2 is 1.69 bits per heavy atom. The van der Waals surface area contributed by atoms with Gasteiger partial charge in [-0.15, -0.1) is 0 Å². The lowest BCUT2D eigenvalue weighted by atomic mass is 9.97. The van der Waals surface area contributed by atoms with Crippen molar-refractivity contribution in [2.75, 3.05) is 0 Å². The van der Waals surface area contributed by atoms with E-state index in [9.17, 15) is 4.79 Å². The van der Waals surface area contributed by atoms with Crippen LogP contribution in [0.3, 0.4) is 0 Å². The van der Waals surface area contributed by atoms with Gasteiger partial charge in [0.15, 0.2) is 11.5 Å². The van der Waals surface area contributed by atoms with E-state index in [-0.39, 0.29) is 24.0 Å². The lowest BCUT2D eigenvalue weighted by molar-refractivity contribution is 0.0502. The van der Waals surface area contributed by atoms with E-state index in [1.54, 1.807) is 23.3 Å². The fraction of sp³-hybridized carbons (Fsp3) is 0.368. The molecule has 7 heteroatoms. The third-order valence-corrected chi connectivity index (χ3v) is 5.49. The number of fused-ring (bicyclic) bond motifs is 2. The highest BCUT2D eigenvalue weighted by molar-refractivity contribution is 5.93. The van der Waals surface area contributed by atoms with Gasteiger partial charge in [0.2, 0.25) is 0 Å². The third kappa shape index (κ3) is 2.51. The van der Waals surface area contributed by atoms with Crippen molar-refractivity contribution in [2.45, 2.75) is 43.8 Å². The van der Waals surface area contributed by atoms with Crippen molar-refractivity contribution in [2.24, 2.45) is 0 Å². The summed E-state index contributed by atoms with van der Waals surface area (Å²) in [6, 6.07) is 12.2. The predicted molar refractivity (Wildman–Crippen MR) is 93.2 cm³/mol. The summed E-state index contributed by atoms with van der Waals surface area (Å²) in [5, 5.41) is 12.6. The van der Waals surface area contributed by atoms with Crippen LogP contribution in [0.25, 0.3) is 11.3 Å². The van der Waals surface area contributed by atoms with Gasteiger partial charge >= 0.3 is 0 Å². The maximum atomic E-state index is 13.1. The second kappa shape index (κ2) is 6.09. The summed E-state index contributed by atoms with van der Waals surface area (Å²) in [4.78, 5) is 16.9. The van der Waals surface area contributed by atoms with E-state index in [2.05, 4.69) is 15.4 Å². The number of amides is 1.